The second-order valence-corrected chi connectivity index (χ2v) is 12.1. The van der Waals surface area contributed by atoms with Crippen LogP contribution in [0, 0.1) is 0 Å². The van der Waals surface area contributed by atoms with Crippen molar-refractivity contribution in [1.29, 1.82) is 0 Å². The van der Waals surface area contributed by atoms with Gasteiger partial charge in [-0.3, -0.25) is 9.59 Å². The third-order valence-corrected chi connectivity index (χ3v) is 8.21. The number of aliphatic hydroxyl groups is 1. The Morgan fingerprint density at radius 3 is 2.37 bits per heavy atom. The minimum Gasteiger partial charge on any atom is -0.391 e. The summed E-state index contributed by atoms with van der Waals surface area (Å²) in [6, 6.07) is 27.1. The van der Waals surface area contributed by atoms with Gasteiger partial charge in [-0.1, -0.05) is 90.1 Å². The molecule has 0 aliphatic carbocycles. The number of nitrogens with one attached hydrogen (secondary N) is 1. The van der Waals surface area contributed by atoms with Gasteiger partial charge in [0.05, 0.1) is 6.21 Å². The maximum absolute atomic E-state index is 13.7. The van der Waals surface area contributed by atoms with Gasteiger partial charge in [0.15, 0.2) is 11.9 Å². The zero-order valence-electron chi connectivity index (χ0n) is 26.6. The van der Waals surface area contributed by atoms with Crippen LogP contribution in [-0.4, -0.2) is 77.9 Å². The number of benzene rings is 3. The molecular formula is C36H43N3O7. The van der Waals surface area contributed by atoms with Gasteiger partial charge in [0.25, 0.3) is 5.91 Å². The third kappa shape index (κ3) is 8.58. The molecule has 0 aromatic heterocycles. The molecule has 5 atom stereocenters. The number of hydrogen-bond donors (Lipinski definition) is 2. The standard InChI is InChI=1S/C36H43N3O7/c1-36(2)45-30(22-37-44-24-26-12-6-4-7-13-26)31(40)32(46-36)33(43-3)34(41)38-29-16-10-11-21-39(35(29)42)23-25-17-19-28(20-18-25)27-14-8-5-9-15-27/h4-9,12-15,17-20,22,29-33,40H,10-11,16,21,23-24H2,1-3H3,(H,38,41)/t29-,30+,31+,32+,33+/m0/s1. The Labute approximate surface area is 270 Å². The Hall–Kier alpha value is -4.09. The predicted molar refractivity (Wildman–Crippen MR) is 173 cm³/mol. The number of rotatable bonds is 11. The number of aliphatic hydroxyl groups excluding tert-OH is 1. The lowest BCUT2D eigenvalue weighted by Gasteiger charge is -2.44. The lowest BCUT2D eigenvalue weighted by molar-refractivity contribution is -0.329. The molecule has 0 saturated carbocycles. The van der Waals surface area contributed by atoms with Crippen LogP contribution in [0.25, 0.3) is 11.1 Å². The van der Waals surface area contributed by atoms with Gasteiger partial charge in [0.1, 0.15) is 31.0 Å². The molecule has 10 heteroatoms. The molecule has 0 radical (unpaired) electrons. The Kier molecular flexibility index (Phi) is 11.2. The van der Waals surface area contributed by atoms with Crippen LogP contribution in [0.15, 0.2) is 90.1 Å². The van der Waals surface area contributed by atoms with Gasteiger partial charge >= 0.3 is 0 Å². The van der Waals surface area contributed by atoms with E-state index in [1.165, 1.54) is 13.3 Å². The molecule has 5 rings (SSSR count). The molecule has 2 aliphatic rings. The average Bonchev–Trinajstić information content (AvgIpc) is 3.23. The summed E-state index contributed by atoms with van der Waals surface area (Å²) < 4.78 is 17.4. The topological polar surface area (TPSA) is 119 Å². The van der Waals surface area contributed by atoms with E-state index in [4.69, 9.17) is 19.0 Å². The van der Waals surface area contributed by atoms with Crippen molar-refractivity contribution in [3.05, 3.63) is 96.1 Å². The van der Waals surface area contributed by atoms with E-state index in [2.05, 4.69) is 34.7 Å². The molecule has 0 spiro atoms. The molecular weight excluding hydrogens is 586 g/mol. The van der Waals surface area contributed by atoms with Crippen LogP contribution in [0.5, 0.6) is 0 Å². The number of amides is 2. The van der Waals surface area contributed by atoms with Crippen LogP contribution in [0.1, 0.15) is 44.2 Å². The van der Waals surface area contributed by atoms with Crippen molar-refractivity contribution >= 4 is 18.0 Å². The minimum absolute atomic E-state index is 0.151. The molecule has 2 amide bonds. The van der Waals surface area contributed by atoms with Gasteiger partial charge < -0.3 is 34.4 Å². The Morgan fingerprint density at radius 2 is 1.67 bits per heavy atom. The second kappa shape index (κ2) is 15.5. The zero-order valence-corrected chi connectivity index (χ0v) is 26.6. The molecule has 0 bridgehead atoms. The van der Waals surface area contributed by atoms with Crippen LogP contribution in [-0.2, 0) is 41.8 Å². The first-order valence-corrected chi connectivity index (χ1v) is 15.7. The monoisotopic (exact) mass is 629 g/mol. The van der Waals surface area contributed by atoms with Gasteiger partial charge in [0, 0.05) is 20.2 Å². The fourth-order valence-electron chi connectivity index (χ4n) is 5.85. The summed E-state index contributed by atoms with van der Waals surface area (Å²) in [6.45, 7) is 4.65. The average molecular weight is 630 g/mol. The maximum Gasteiger partial charge on any atom is 0.252 e. The summed E-state index contributed by atoms with van der Waals surface area (Å²) in [5, 5.41) is 18.1. The fraction of sp³-hybridized carbons (Fsp3) is 0.417. The van der Waals surface area contributed by atoms with Gasteiger partial charge in [-0.2, -0.15) is 0 Å². The number of carbonyl (C=O) groups is 2. The van der Waals surface area contributed by atoms with Crippen molar-refractivity contribution in [3.63, 3.8) is 0 Å². The Morgan fingerprint density at radius 1 is 1.00 bits per heavy atom. The number of oxime groups is 1. The highest BCUT2D eigenvalue weighted by molar-refractivity contribution is 5.90. The zero-order chi connectivity index (χ0) is 32.5. The highest BCUT2D eigenvalue weighted by Gasteiger charge is 2.48. The van der Waals surface area contributed by atoms with Crippen molar-refractivity contribution < 1.29 is 33.7 Å². The summed E-state index contributed by atoms with van der Waals surface area (Å²) in [5.74, 6) is -1.86. The van der Waals surface area contributed by atoms with E-state index in [0.29, 0.717) is 19.5 Å². The third-order valence-electron chi connectivity index (χ3n) is 8.21. The molecule has 2 aliphatic heterocycles. The van der Waals surface area contributed by atoms with Crippen LogP contribution in [0.3, 0.4) is 0 Å². The summed E-state index contributed by atoms with van der Waals surface area (Å²) in [4.78, 5) is 34.5. The van der Waals surface area contributed by atoms with Crippen molar-refractivity contribution in [2.24, 2.45) is 5.16 Å². The molecule has 3 aromatic carbocycles. The van der Waals surface area contributed by atoms with Crippen LogP contribution in [0.2, 0.25) is 0 Å². The van der Waals surface area contributed by atoms with E-state index in [-0.39, 0.29) is 12.5 Å². The molecule has 2 N–H and O–H groups in total. The van der Waals surface area contributed by atoms with Crippen molar-refractivity contribution in [2.75, 3.05) is 13.7 Å². The molecule has 0 unspecified atom stereocenters. The molecule has 244 valence electrons. The maximum atomic E-state index is 13.7. The van der Waals surface area contributed by atoms with Gasteiger partial charge in [-0.25, -0.2) is 0 Å². The highest BCUT2D eigenvalue weighted by Crippen LogP contribution is 2.30. The van der Waals surface area contributed by atoms with E-state index >= 15 is 0 Å². The van der Waals surface area contributed by atoms with E-state index in [1.807, 2.05) is 60.7 Å². The molecule has 2 fully saturated rings. The number of hydrogen-bond acceptors (Lipinski definition) is 8. The van der Waals surface area contributed by atoms with Crippen molar-refractivity contribution in [2.45, 2.75) is 82.5 Å². The molecule has 3 aromatic rings. The minimum atomic E-state index is -1.30. The number of methoxy groups -OCH3 is 1. The first kappa shape index (κ1) is 33.3. The molecule has 2 saturated heterocycles. The lowest BCUT2D eigenvalue weighted by Crippen LogP contribution is -2.62. The van der Waals surface area contributed by atoms with Crippen LogP contribution in [0.4, 0.5) is 0 Å². The van der Waals surface area contributed by atoms with Crippen molar-refractivity contribution in [1.82, 2.24) is 10.2 Å². The second-order valence-electron chi connectivity index (χ2n) is 12.1. The first-order chi connectivity index (χ1) is 22.2. The van der Waals surface area contributed by atoms with E-state index in [1.54, 1.807) is 18.7 Å². The summed E-state index contributed by atoms with van der Waals surface area (Å²) in [6.07, 6.45) is -1.07. The van der Waals surface area contributed by atoms with Crippen LogP contribution < -0.4 is 5.32 Å². The fourth-order valence-corrected chi connectivity index (χ4v) is 5.85. The number of nitrogens with zero attached hydrogens (tertiary/aromatic N) is 2. The van der Waals surface area contributed by atoms with Gasteiger partial charge in [-0.15, -0.1) is 0 Å². The molecule has 46 heavy (non-hydrogen) atoms. The van der Waals surface area contributed by atoms with E-state index in [0.717, 1.165) is 35.1 Å². The SMILES string of the molecule is CO[C@@H](C(=O)N[C@H]1CCCCN(Cc2ccc(-c3ccccc3)cc2)C1=O)[C@@H]1OC(C)(C)O[C@H](C=NOCc2ccccc2)[C@H]1O. The Bertz CT molecular complexity index is 1450. The van der Waals surface area contributed by atoms with Crippen molar-refractivity contribution in [3.8, 4) is 11.1 Å². The Balaban J connectivity index is 1.21. The first-order valence-electron chi connectivity index (χ1n) is 15.7. The van der Waals surface area contributed by atoms with E-state index < -0.39 is 42.2 Å². The normalized spacial score (nSPS) is 23.9. The quantitative estimate of drug-likeness (QED) is 0.238. The summed E-state index contributed by atoms with van der Waals surface area (Å²) in [7, 11) is 1.37. The summed E-state index contributed by atoms with van der Waals surface area (Å²) in [5.41, 5.74) is 4.19. The van der Waals surface area contributed by atoms with E-state index in [9.17, 15) is 14.7 Å². The van der Waals surface area contributed by atoms with Gasteiger partial charge in [-0.05, 0) is 55.4 Å². The lowest BCUT2D eigenvalue weighted by atomic mass is 9.99. The molecule has 2 heterocycles. The highest BCUT2D eigenvalue weighted by atomic mass is 16.7. The summed E-state index contributed by atoms with van der Waals surface area (Å²) >= 11 is 0. The smallest absolute Gasteiger partial charge is 0.252 e. The largest absolute Gasteiger partial charge is 0.391 e. The van der Waals surface area contributed by atoms with Crippen LogP contribution >= 0.6 is 0 Å². The van der Waals surface area contributed by atoms with Gasteiger partial charge in [0.2, 0.25) is 5.91 Å². The number of likely N-dealkylation sites (tertiary alicyclic amines) is 1. The number of ether oxygens (including phenoxy) is 3. The number of carbonyl (C=O) groups excluding carboxylic acids is 2. The molecule has 10 nitrogen and oxygen atoms in total. The predicted octanol–water partition coefficient (Wildman–Crippen LogP) is 4.45.